The lowest BCUT2D eigenvalue weighted by Crippen LogP contribution is -1.50. The van der Waals surface area contributed by atoms with Crippen LogP contribution in [0.4, 0.5) is 0 Å². The van der Waals surface area contributed by atoms with Crippen LogP contribution < -0.4 is 0 Å². The van der Waals surface area contributed by atoms with Crippen LogP contribution in [0.5, 0.6) is 0 Å². The van der Waals surface area contributed by atoms with Crippen molar-refractivity contribution in [2.45, 2.75) is 13.8 Å². The van der Waals surface area contributed by atoms with Gasteiger partial charge < -0.3 is 0 Å². The van der Waals surface area contributed by atoms with Crippen LogP contribution in [0.2, 0.25) is 0 Å². The van der Waals surface area contributed by atoms with Gasteiger partial charge in [-0.05, 0) is 13.8 Å². The Bertz CT molecular complexity index is 188. The lowest BCUT2D eigenvalue weighted by molar-refractivity contribution is 1.72. The zero-order valence-corrected chi connectivity index (χ0v) is 7.77. The van der Waals surface area contributed by atoms with E-state index in [-0.39, 0.29) is 0 Å². The molecule has 0 nitrogen and oxygen atoms in total. The molecule has 0 saturated heterocycles. The van der Waals surface area contributed by atoms with Crippen molar-refractivity contribution in [3.05, 3.63) is 60.8 Å². The molecule has 0 aromatic carbocycles. The molecule has 0 radical (unpaired) electrons. The molecule has 0 aliphatic rings. The molecule has 0 aliphatic carbocycles. The van der Waals surface area contributed by atoms with E-state index >= 15 is 0 Å². The van der Waals surface area contributed by atoms with E-state index in [1.807, 2.05) is 74.6 Å². The van der Waals surface area contributed by atoms with Gasteiger partial charge in [-0.2, -0.15) is 0 Å². The van der Waals surface area contributed by atoms with Gasteiger partial charge in [0.1, 0.15) is 0 Å². The molecule has 64 valence electrons. The molecule has 0 heteroatoms. The van der Waals surface area contributed by atoms with Crippen molar-refractivity contribution in [1.82, 2.24) is 0 Å². The van der Waals surface area contributed by atoms with Crippen LogP contribution in [0.3, 0.4) is 0 Å². The number of hydrogen-bond acceptors (Lipinski definition) is 0. The third kappa shape index (κ3) is 8.70. The molecule has 12 heavy (non-hydrogen) atoms. The molecule has 0 amide bonds. The van der Waals surface area contributed by atoms with E-state index in [0.717, 1.165) is 0 Å². The summed E-state index contributed by atoms with van der Waals surface area (Å²) in [7, 11) is 0. The van der Waals surface area contributed by atoms with Crippen LogP contribution in [0.1, 0.15) is 13.8 Å². The summed E-state index contributed by atoms with van der Waals surface area (Å²) in [5.41, 5.74) is 0. The Morgan fingerprint density at radius 2 is 0.667 bits per heavy atom. The van der Waals surface area contributed by atoms with Gasteiger partial charge in [0.05, 0.1) is 0 Å². The molecule has 0 heterocycles. The monoisotopic (exact) mass is 160 g/mol. The van der Waals surface area contributed by atoms with E-state index in [1.165, 1.54) is 0 Å². The minimum Gasteiger partial charge on any atom is -0.0877 e. The first-order valence-corrected chi connectivity index (χ1v) is 4.15. The predicted molar refractivity (Wildman–Crippen MR) is 57.0 cm³/mol. The largest absolute Gasteiger partial charge is 0.0877 e. The van der Waals surface area contributed by atoms with E-state index in [1.54, 1.807) is 0 Å². The molecule has 0 bridgehead atoms. The summed E-state index contributed by atoms with van der Waals surface area (Å²) >= 11 is 0. The van der Waals surface area contributed by atoms with Crippen LogP contribution in [0.25, 0.3) is 0 Å². The summed E-state index contributed by atoms with van der Waals surface area (Å²) in [4.78, 5) is 0. The van der Waals surface area contributed by atoms with Crippen LogP contribution in [0.15, 0.2) is 60.8 Å². The van der Waals surface area contributed by atoms with Crippen molar-refractivity contribution in [2.75, 3.05) is 0 Å². The maximum absolute atomic E-state index is 2.00. The Kier molecular flexibility index (Phi) is 8.65. The molecule has 0 aromatic heterocycles. The Morgan fingerprint density at radius 3 is 0.917 bits per heavy atom. The molecule has 0 aliphatic heterocycles. The van der Waals surface area contributed by atoms with E-state index in [0.29, 0.717) is 0 Å². The normalized spacial score (nSPS) is 13.8. The predicted octanol–water partition coefficient (Wildman–Crippen LogP) is 3.81. The fourth-order valence-corrected chi connectivity index (χ4v) is 0.607. The second kappa shape index (κ2) is 9.70. The van der Waals surface area contributed by atoms with Gasteiger partial charge >= 0.3 is 0 Å². The fourth-order valence-electron chi connectivity index (χ4n) is 0.607. The third-order valence-electron chi connectivity index (χ3n) is 1.16. The summed E-state index contributed by atoms with van der Waals surface area (Å²) < 4.78 is 0. The number of rotatable bonds is 4. The van der Waals surface area contributed by atoms with Crippen molar-refractivity contribution >= 4 is 0 Å². The Morgan fingerprint density at radius 1 is 0.417 bits per heavy atom. The molecule has 0 aromatic rings. The maximum atomic E-state index is 2.00. The second-order valence-electron chi connectivity index (χ2n) is 2.21. The fraction of sp³-hybridized carbons (Fsp3) is 0.167. The zero-order chi connectivity index (χ0) is 9.07. The lowest BCUT2D eigenvalue weighted by Gasteiger charge is -1.72. The van der Waals surface area contributed by atoms with Gasteiger partial charge in [0, 0.05) is 0 Å². The van der Waals surface area contributed by atoms with E-state index in [4.69, 9.17) is 0 Å². The molecule has 0 saturated carbocycles. The quantitative estimate of drug-likeness (QED) is 0.549. The average Bonchev–Trinajstić information content (AvgIpc) is 2.10. The standard InChI is InChI=1S/C12H16/c1-3-5-7-9-11-12-10-8-6-4-2/h3-12H,1-2H3/b5-3?,6-4?,9-7?,10-8?,12-11+. The number of allylic oxidation sites excluding steroid dienone is 10. The molecule has 0 spiro atoms. The van der Waals surface area contributed by atoms with Gasteiger partial charge in [-0.25, -0.2) is 0 Å². The van der Waals surface area contributed by atoms with Crippen molar-refractivity contribution in [3.63, 3.8) is 0 Å². The lowest BCUT2D eigenvalue weighted by atomic mass is 10.4. The number of hydrogen-bond donors (Lipinski definition) is 0. The van der Waals surface area contributed by atoms with Crippen LogP contribution in [-0.2, 0) is 0 Å². The summed E-state index contributed by atoms with van der Waals surface area (Å²) in [5.74, 6) is 0. The summed E-state index contributed by atoms with van der Waals surface area (Å²) in [5, 5.41) is 0. The molecule has 0 rings (SSSR count). The first-order valence-electron chi connectivity index (χ1n) is 4.15. The minimum atomic E-state index is 2.00. The van der Waals surface area contributed by atoms with Gasteiger partial charge in [0.2, 0.25) is 0 Å². The van der Waals surface area contributed by atoms with Crippen molar-refractivity contribution < 1.29 is 0 Å². The molecule has 0 unspecified atom stereocenters. The smallest absolute Gasteiger partial charge is 0.0467 e. The maximum Gasteiger partial charge on any atom is -0.0467 e. The minimum absolute atomic E-state index is 2.00. The van der Waals surface area contributed by atoms with Crippen LogP contribution in [0, 0.1) is 0 Å². The van der Waals surface area contributed by atoms with Crippen molar-refractivity contribution in [3.8, 4) is 0 Å². The first kappa shape index (κ1) is 10.7. The molecular formula is C12H16. The molecule has 0 N–H and O–H groups in total. The van der Waals surface area contributed by atoms with Gasteiger partial charge in [-0.1, -0.05) is 60.8 Å². The van der Waals surface area contributed by atoms with Crippen LogP contribution in [-0.4, -0.2) is 0 Å². The Labute approximate surface area is 75.3 Å². The van der Waals surface area contributed by atoms with Crippen LogP contribution >= 0.6 is 0 Å². The van der Waals surface area contributed by atoms with Gasteiger partial charge in [-0.3, -0.25) is 0 Å². The van der Waals surface area contributed by atoms with E-state index in [9.17, 15) is 0 Å². The Balaban J connectivity index is 3.62. The zero-order valence-electron chi connectivity index (χ0n) is 7.77. The third-order valence-corrected chi connectivity index (χ3v) is 1.16. The molecule has 0 atom stereocenters. The molecular weight excluding hydrogens is 144 g/mol. The highest BCUT2D eigenvalue weighted by molar-refractivity contribution is 5.17. The van der Waals surface area contributed by atoms with Gasteiger partial charge in [-0.15, -0.1) is 0 Å². The highest BCUT2D eigenvalue weighted by Gasteiger charge is 1.60. The second-order valence-corrected chi connectivity index (χ2v) is 2.21. The summed E-state index contributed by atoms with van der Waals surface area (Å²) in [6, 6.07) is 0. The summed E-state index contributed by atoms with van der Waals surface area (Å²) in [6.07, 6.45) is 20.0. The average molecular weight is 160 g/mol. The highest BCUT2D eigenvalue weighted by Crippen LogP contribution is 1.82. The first-order chi connectivity index (χ1) is 5.91. The highest BCUT2D eigenvalue weighted by atomic mass is 13.7. The molecule has 0 fully saturated rings. The van der Waals surface area contributed by atoms with E-state index < -0.39 is 0 Å². The summed E-state index contributed by atoms with van der Waals surface area (Å²) in [6.45, 7) is 4.00. The van der Waals surface area contributed by atoms with Crippen molar-refractivity contribution in [1.29, 1.82) is 0 Å². The van der Waals surface area contributed by atoms with Gasteiger partial charge in [0.25, 0.3) is 0 Å². The van der Waals surface area contributed by atoms with Gasteiger partial charge in [0.15, 0.2) is 0 Å². The van der Waals surface area contributed by atoms with Crippen molar-refractivity contribution in [2.24, 2.45) is 0 Å². The SMILES string of the molecule is CC=CC=C/C=C/C=CC=CC. The topological polar surface area (TPSA) is 0 Å². The van der Waals surface area contributed by atoms with E-state index in [2.05, 4.69) is 0 Å². The Hall–Kier alpha value is -1.30.